The van der Waals surface area contributed by atoms with Crippen molar-refractivity contribution in [2.45, 2.75) is 57.2 Å². The van der Waals surface area contributed by atoms with E-state index < -0.39 is 35.1 Å². The molecule has 4 N–H and O–H groups in total. The molecule has 1 fully saturated rings. The van der Waals surface area contributed by atoms with E-state index in [1.165, 1.54) is 0 Å². The van der Waals surface area contributed by atoms with Crippen LogP contribution in [0, 0.1) is 11.3 Å². The molecule has 0 aliphatic carbocycles. The van der Waals surface area contributed by atoms with Gasteiger partial charge in [0.2, 0.25) is 11.8 Å². The minimum Gasteiger partial charge on any atom is -0.444 e. The first kappa shape index (κ1) is 26.7. The van der Waals surface area contributed by atoms with Gasteiger partial charge in [0.05, 0.1) is 11.6 Å². The highest BCUT2D eigenvalue weighted by molar-refractivity contribution is 5.94. The van der Waals surface area contributed by atoms with Crippen molar-refractivity contribution < 1.29 is 23.9 Å². The van der Waals surface area contributed by atoms with E-state index in [0.717, 1.165) is 16.7 Å². The summed E-state index contributed by atoms with van der Waals surface area (Å²) in [7, 11) is 0. The van der Waals surface area contributed by atoms with Crippen LogP contribution in [-0.4, -0.2) is 48.3 Å². The zero-order chi connectivity index (χ0) is 26.3. The van der Waals surface area contributed by atoms with Crippen LogP contribution in [0.4, 0.5) is 4.79 Å². The van der Waals surface area contributed by atoms with Crippen LogP contribution in [0.5, 0.6) is 0 Å². The van der Waals surface area contributed by atoms with Crippen LogP contribution in [0.2, 0.25) is 0 Å². The minimum absolute atomic E-state index is 0.179. The highest BCUT2D eigenvalue weighted by Gasteiger charge is 2.43. The lowest BCUT2D eigenvalue weighted by atomic mass is 9.88. The van der Waals surface area contributed by atoms with Crippen LogP contribution in [0.15, 0.2) is 48.5 Å². The summed E-state index contributed by atoms with van der Waals surface area (Å²) in [4.78, 5) is 38.1. The number of hydrogen-bond acceptors (Lipinski definition) is 6. The normalized spacial score (nSPS) is 15.7. The molecule has 1 saturated heterocycles. The van der Waals surface area contributed by atoms with Crippen LogP contribution in [0.25, 0.3) is 11.1 Å². The lowest BCUT2D eigenvalue weighted by molar-refractivity contribution is -0.135. The fourth-order valence-corrected chi connectivity index (χ4v) is 3.98. The van der Waals surface area contributed by atoms with Gasteiger partial charge in [-0.1, -0.05) is 36.4 Å². The molecule has 1 heterocycles. The third-order valence-corrected chi connectivity index (χ3v) is 5.89. The van der Waals surface area contributed by atoms with Crippen molar-refractivity contribution in [3.8, 4) is 17.2 Å². The quantitative estimate of drug-likeness (QED) is 0.542. The molecule has 9 nitrogen and oxygen atoms in total. The number of amides is 3. The molecule has 1 aliphatic rings. The van der Waals surface area contributed by atoms with Gasteiger partial charge in [-0.25, -0.2) is 4.79 Å². The Balaban J connectivity index is 1.73. The topological polar surface area (TPSA) is 144 Å². The molecule has 1 atom stereocenters. The maximum atomic E-state index is 13.4. The van der Waals surface area contributed by atoms with Gasteiger partial charge in [0, 0.05) is 32.5 Å². The molecule has 36 heavy (non-hydrogen) atoms. The molecule has 9 heteroatoms. The van der Waals surface area contributed by atoms with E-state index in [0.29, 0.717) is 5.56 Å². The van der Waals surface area contributed by atoms with Crippen molar-refractivity contribution in [3.63, 3.8) is 0 Å². The number of nitrogens with one attached hydrogen (secondary N) is 2. The Hall–Kier alpha value is -3.90. The molecule has 0 radical (unpaired) electrons. The van der Waals surface area contributed by atoms with Crippen LogP contribution in [-0.2, 0) is 25.5 Å². The Morgan fingerprint density at radius 2 is 1.78 bits per heavy atom. The van der Waals surface area contributed by atoms with Gasteiger partial charge in [0.1, 0.15) is 17.2 Å². The number of nitriles is 1. The van der Waals surface area contributed by atoms with E-state index >= 15 is 0 Å². The van der Waals surface area contributed by atoms with Crippen molar-refractivity contribution in [2.24, 2.45) is 5.73 Å². The van der Waals surface area contributed by atoms with Gasteiger partial charge in [0.15, 0.2) is 0 Å². The zero-order valence-electron chi connectivity index (χ0n) is 20.8. The van der Waals surface area contributed by atoms with Crippen molar-refractivity contribution in [2.75, 3.05) is 13.2 Å². The monoisotopic (exact) mass is 492 g/mol. The number of nitrogens with zero attached hydrogens (tertiary/aromatic N) is 1. The standard InChI is InChI=1S/C27H32N4O5/c1-26(2,3)36-25(34)31-27(11-13-35-14-12-27)24(33)30-22(23(29)32)16-18-7-9-20(10-8-18)21-6-4-5-19(15-21)17-28/h4-10,15,22H,11-14,16H2,1-3H3,(H2,29,32)(H,30,33)(H,31,34). The van der Waals surface area contributed by atoms with Gasteiger partial charge in [0.25, 0.3) is 0 Å². The molecule has 0 spiro atoms. The summed E-state index contributed by atoms with van der Waals surface area (Å²) in [5, 5.41) is 14.6. The van der Waals surface area contributed by atoms with Crippen LogP contribution in [0.3, 0.4) is 0 Å². The molecule has 1 unspecified atom stereocenters. The average molecular weight is 493 g/mol. The zero-order valence-corrected chi connectivity index (χ0v) is 20.8. The molecule has 0 saturated carbocycles. The maximum Gasteiger partial charge on any atom is 0.408 e. The van der Waals surface area contributed by atoms with Crippen molar-refractivity contribution in [1.82, 2.24) is 10.6 Å². The van der Waals surface area contributed by atoms with E-state index in [4.69, 9.17) is 20.5 Å². The number of benzene rings is 2. The minimum atomic E-state index is -1.27. The third kappa shape index (κ3) is 7.06. The van der Waals surface area contributed by atoms with Gasteiger partial charge < -0.3 is 25.8 Å². The predicted molar refractivity (Wildman–Crippen MR) is 134 cm³/mol. The molecule has 0 aromatic heterocycles. The Morgan fingerprint density at radius 1 is 1.11 bits per heavy atom. The second-order valence-corrected chi connectivity index (χ2v) is 9.84. The smallest absolute Gasteiger partial charge is 0.408 e. The van der Waals surface area contributed by atoms with E-state index in [1.54, 1.807) is 32.9 Å². The van der Waals surface area contributed by atoms with E-state index in [1.807, 2.05) is 36.4 Å². The highest BCUT2D eigenvalue weighted by Crippen LogP contribution is 2.24. The maximum absolute atomic E-state index is 13.4. The molecular formula is C27H32N4O5. The van der Waals surface area contributed by atoms with Gasteiger partial charge in [-0.2, -0.15) is 5.26 Å². The number of nitrogens with two attached hydrogens (primary N) is 1. The SMILES string of the molecule is CC(C)(C)OC(=O)NC1(C(=O)NC(Cc2ccc(-c3cccc(C#N)c3)cc2)C(N)=O)CCOCC1. The summed E-state index contributed by atoms with van der Waals surface area (Å²) < 4.78 is 10.7. The van der Waals surface area contributed by atoms with Gasteiger partial charge in [-0.3, -0.25) is 9.59 Å². The second-order valence-electron chi connectivity index (χ2n) is 9.84. The molecule has 3 amide bonds. The number of carbonyl (C=O) groups is 3. The molecule has 0 bridgehead atoms. The molecule has 3 rings (SSSR count). The number of rotatable bonds is 7. The lowest BCUT2D eigenvalue weighted by Crippen LogP contribution is -2.64. The first-order valence-electron chi connectivity index (χ1n) is 11.8. The number of carbonyl (C=O) groups excluding carboxylic acids is 3. The average Bonchev–Trinajstić information content (AvgIpc) is 2.83. The number of alkyl carbamates (subject to hydrolysis) is 1. The third-order valence-electron chi connectivity index (χ3n) is 5.89. The van der Waals surface area contributed by atoms with Crippen LogP contribution >= 0.6 is 0 Å². The molecular weight excluding hydrogens is 460 g/mol. The van der Waals surface area contributed by atoms with E-state index in [2.05, 4.69) is 16.7 Å². The van der Waals surface area contributed by atoms with Gasteiger partial charge in [-0.05, 0) is 49.6 Å². The van der Waals surface area contributed by atoms with Gasteiger partial charge >= 0.3 is 6.09 Å². The Labute approximate surface area is 211 Å². The first-order chi connectivity index (χ1) is 17.0. The fourth-order valence-electron chi connectivity index (χ4n) is 3.98. The van der Waals surface area contributed by atoms with E-state index in [9.17, 15) is 14.4 Å². The second kappa shape index (κ2) is 11.2. The van der Waals surface area contributed by atoms with Gasteiger partial charge in [-0.15, -0.1) is 0 Å². The number of hydrogen-bond donors (Lipinski definition) is 3. The summed E-state index contributed by atoms with van der Waals surface area (Å²) in [6.45, 7) is 5.76. The highest BCUT2D eigenvalue weighted by atomic mass is 16.6. The molecule has 2 aromatic rings. The summed E-state index contributed by atoms with van der Waals surface area (Å²) in [6.07, 6.45) is -0.0650. The van der Waals surface area contributed by atoms with Crippen LogP contribution < -0.4 is 16.4 Å². The fraction of sp³-hybridized carbons (Fsp3) is 0.407. The van der Waals surface area contributed by atoms with Crippen LogP contribution in [0.1, 0.15) is 44.7 Å². The Bertz CT molecular complexity index is 1140. The predicted octanol–water partition coefficient (Wildman–Crippen LogP) is 2.81. The summed E-state index contributed by atoms with van der Waals surface area (Å²) >= 11 is 0. The molecule has 190 valence electrons. The molecule has 2 aromatic carbocycles. The Kier molecular flexibility index (Phi) is 8.33. The lowest BCUT2D eigenvalue weighted by Gasteiger charge is -2.37. The summed E-state index contributed by atoms with van der Waals surface area (Å²) in [6, 6.07) is 15.9. The Morgan fingerprint density at radius 3 is 2.36 bits per heavy atom. The first-order valence-corrected chi connectivity index (χ1v) is 11.8. The van der Waals surface area contributed by atoms with Crippen molar-refractivity contribution in [3.05, 3.63) is 59.7 Å². The summed E-state index contributed by atoms with van der Waals surface area (Å²) in [5.41, 5.74) is 6.79. The largest absolute Gasteiger partial charge is 0.444 e. The number of ether oxygens (including phenoxy) is 2. The van der Waals surface area contributed by atoms with Crippen molar-refractivity contribution >= 4 is 17.9 Å². The van der Waals surface area contributed by atoms with Crippen molar-refractivity contribution in [1.29, 1.82) is 5.26 Å². The molecule has 1 aliphatic heterocycles. The number of primary amides is 1. The summed E-state index contributed by atoms with van der Waals surface area (Å²) in [5.74, 6) is -1.20. The van der Waals surface area contributed by atoms with E-state index in [-0.39, 0.29) is 32.5 Å².